The number of hydrogen-bond acceptors (Lipinski definition) is 2. The van der Waals surface area contributed by atoms with Gasteiger partial charge in [-0.1, -0.05) is 35.9 Å². The summed E-state index contributed by atoms with van der Waals surface area (Å²) in [5.41, 5.74) is 6.63. The second kappa shape index (κ2) is 8.85. The van der Waals surface area contributed by atoms with Crippen LogP contribution in [0.25, 0.3) is 5.69 Å². The molecule has 5 rings (SSSR count). The molecule has 4 aromatic rings. The Balaban J connectivity index is 1.75. The quantitative estimate of drug-likeness (QED) is 0.320. The average Bonchev–Trinajstić information content (AvgIpc) is 3.27. The molecule has 0 amide bonds. The molecule has 1 aliphatic rings. The first kappa shape index (κ1) is 22.6. The molecule has 0 radical (unpaired) electrons. The Hall–Kier alpha value is -3.22. The van der Waals surface area contributed by atoms with Gasteiger partial charge in [-0.2, -0.15) is 0 Å². The number of rotatable bonds is 4. The number of para-hydroxylation sites is 1. The molecule has 0 aliphatic carbocycles. The van der Waals surface area contributed by atoms with Crippen molar-refractivity contribution in [3.63, 3.8) is 0 Å². The smallest absolute Gasteiger partial charge is 0.174 e. The number of anilines is 1. The lowest BCUT2D eigenvalue weighted by molar-refractivity contribution is 0.554. The summed E-state index contributed by atoms with van der Waals surface area (Å²) in [6, 6.07) is 19.8. The lowest BCUT2D eigenvalue weighted by Gasteiger charge is -2.29. The predicted molar refractivity (Wildman–Crippen MR) is 139 cm³/mol. The first-order valence-corrected chi connectivity index (χ1v) is 11.9. The monoisotopic (exact) mass is 490 g/mol. The zero-order valence-electron chi connectivity index (χ0n) is 19.1. The Morgan fingerprint density at radius 2 is 1.74 bits per heavy atom. The molecule has 2 unspecified atom stereocenters. The van der Waals surface area contributed by atoms with Crippen molar-refractivity contribution in [1.82, 2.24) is 14.9 Å². The Morgan fingerprint density at radius 3 is 2.44 bits per heavy atom. The van der Waals surface area contributed by atoms with Crippen molar-refractivity contribution in [2.75, 3.05) is 4.90 Å². The number of hydrogen-bond donors (Lipinski definition) is 1. The minimum atomic E-state index is -0.320. The molecule has 2 aromatic carbocycles. The van der Waals surface area contributed by atoms with Crippen molar-refractivity contribution in [2.24, 2.45) is 0 Å². The Bertz CT molecular complexity index is 1380. The standard InChI is InChI=1S/C27H24ClFN4S/c1-16-17(2)32(20-10-8-9-19(28)15-20)18(3)24(16)26-25(22-12-6-7-14-30-22)31-27(34)33(26)23-13-5-4-11-21(23)29/h4-15,25-26H,1-3H3,(H,31,34). The highest BCUT2D eigenvalue weighted by Gasteiger charge is 2.44. The molecule has 3 heterocycles. The van der Waals surface area contributed by atoms with Gasteiger partial charge in [-0.25, -0.2) is 4.39 Å². The number of nitrogens with zero attached hydrogens (tertiary/aromatic N) is 3. The highest BCUT2D eigenvalue weighted by Crippen LogP contribution is 2.45. The lowest BCUT2D eigenvalue weighted by Crippen LogP contribution is -2.30. The molecule has 1 saturated heterocycles. The van der Waals surface area contributed by atoms with Crippen LogP contribution in [0.15, 0.2) is 72.9 Å². The maximum Gasteiger partial charge on any atom is 0.174 e. The molecule has 0 bridgehead atoms. The largest absolute Gasteiger partial charge is 0.351 e. The Kier molecular flexibility index (Phi) is 5.88. The van der Waals surface area contributed by atoms with Gasteiger partial charge in [0.05, 0.1) is 23.5 Å². The van der Waals surface area contributed by atoms with E-state index in [2.05, 4.69) is 35.6 Å². The summed E-state index contributed by atoms with van der Waals surface area (Å²) in [6.07, 6.45) is 1.77. The fraction of sp³-hybridized carbons (Fsp3) is 0.185. The van der Waals surface area contributed by atoms with Gasteiger partial charge in [-0.15, -0.1) is 0 Å². The number of benzene rings is 2. The van der Waals surface area contributed by atoms with Crippen molar-refractivity contribution in [3.8, 4) is 5.69 Å². The van der Waals surface area contributed by atoms with Crippen LogP contribution in [0.5, 0.6) is 0 Å². The molecule has 2 atom stereocenters. The highest BCUT2D eigenvalue weighted by atomic mass is 35.5. The number of halogens is 2. The van der Waals surface area contributed by atoms with Gasteiger partial charge in [0.25, 0.3) is 0 Å². The normalized spacial score (nSPS) is 17.8. The van der Waals surface area contributed by atoms with E-state index >= 15 is 4.39 Å². The third kappa shape index (κ3) is 3.67. The van der Waals surface area contributed by atoms with Crippen molar-refractivity contribution < 1.29 is 4.39 Å². The molecule has 34 heavy (non-hydrogen) atoms. The van der Waals surface area contributed by atoms with E-state index in [1.54, 1.807) is 18.3 Å². The van der Waals surface area contributed by atoms with Gasteiger partial charge < -0.3 is 14.8 Å². The second-order valence-corrected chi connectivity index (χ2v) is 9.30. The van der Waals surface area contributed by atoms with Crippen LogP contribution < -0.4 is 10.2 Å². The van der Waals surface area contributed by atoms with Gasteiger partial charge in [-0.3, -0.25) is 4.98 Å². The van der Waals surface area contributed by atoms with Crippen LogP contribution in [0.4, 0.5) is 10.1 Å². The van der Waals surface area contributed by atoms with Crippen molar-refractivity contribution >= 4 is 34.6 Å². The molecule has 1 N–H and O–H groups in total. The van der Waals surface area contributed by atoms with Crippen LogP contribution in [0.2, 0.25) is 5.02 Å². The first-order chi connectivity index (χ1) is 16.4. The van der Waals surface area contributed by atoms with Crippen LogP contribution in [-0.2, 0) is 0 Å². The third-order valence-corrected chi connectivity index (χ3v) is 7.13. The Labute approximate surface area is 209 Å². The minimum Gasteiger partial charge on any atom is -0.351 e. The third-order valence-electron chi connectivity index (χ3n) is 6.58. The zero-order valence-corrected chi connectivity index (χ0v) is 20.7. The van der Waals surface area contributed by atoms with E-state index < -0.39 is 0 Å². The lowest BCUT2D eigenvalue weighted by atomic mass is 9.93. The van der Waals surface area contributed by atoms with E-state index in [0.29, 0.717) is 15.8 Å². The van der Waals surface area contributed by atoms with E-state index in [-0.39, 0.29) is 17.9 Å². The van der Waals surface area contributed by atoms with Crippen LogP contribution in [0.3, 0.4) is 0 Å². The molecule has 1 fully saturated rings. The first-order valence-electron chi connectivity index (χ1n) is 11.1. The summed E-state index contributed by atoms with van der Waals surface area (Å²) < 4.78 is 17.3. The van der Waals surface area contributed by atoms with Crippen LogP contribution in [0.1, 0.15) is 40.3 Å². The van der Waals surface area contributed by atoms with E-state index in [9.17, 15) is 0 Å². The summed E-state index contributed by atoms with van der Waals surface area (Å²) in [5.74, 6) is -0.320. The summed E-state index contributed by atoms with van der Waals surface area (Å²) >= 11 is 12.1. The molecule has 0 saturated carbocycles. The maximum atomic E-state index is 15.1. The van der Waals surface area contributed by atoms with Crippen molar-refractivity contribution in [3.05, 3.63) is 112 Å². The summed E-state index contributed by atoms with van der Waals surface area (Å²) in [5, 5.41) is 4.57. The van der Waals surface area contributed by atoms with E-state index in [1.807, 2.05) is 53.4 Å². The topological polar surface area (TPSA) is 33.1 Å². The van der Waals surface area contributed by atoms with Crippen LogP contribution in [0, 0.1) is 26.6 Å². The maximum absolute atomic E-state index is 15.1. The Morgan fingerprint density at radius 1 is 0.971 bits per heavy atom. The van der Waals surface area contributed by atoms with Crippen molar-refractivity contribution in [1.29, 1.82) is 0 Å². The van der Waals surface area contributed by atoms with Crippen LogP contribution in [-0.4, -0.2) is 14.7 Å². The van der Waals surface area contributed by atoms with Gasteiger partial charge in [0, 0.05) is 33.9 Å². The van der Waals surface area contributed by atoms with E-state index in [1.165, 1.54) is 6.07 Å². The fourth-order valence-electron chi connectivity index (χ4n) is 5.00. The number of thiocarbonyl (C=S) groups is 1. The number of pyridine rings is 1. The molecular weight excluding hydrogens is 467 g/mol. The molecule has 7 heteroatoms. The predicted octanol–water partition coefficient (Wildman–Crippen LogP) is 6.77. The second-order valence-electron chi connectivity index (χ2n) is 8.47. The molecule has 2 aromatic heterocycles. The van der Waals surface area contributed by atoms with Gasteiger partial charge in [-0.05, 0) is 81.0 Å². The van der Waals surface area contributed by atoms with E-state index in [4.69, 9.17) is 23.8 Å². The summed E-state index contributed by atoms with van der Waals surface area (Å²) in [4.78, 5) is 6.50. The summed E-state index contributed by atoms with van der Waals surface area (Å²) in [6.45, 7) is 6.29. The zero-order chi connectivity index (χ0) is 24.0. The van der Waals surface area contributed by atoms with Crippen molar-refractivity contribution in [2.45, 2.75) is 32.9 Å². The van der Waals surface area contributed by atoms with Gasteiger partial charge in [0.15, 0.2) is 5.11 Å². The average molecular weight is 491 g/mol. The molecule has 0 spiro atoms. The number of nitrogens with one attached hydrogen (secondary N) is 1. The fourth-order valence-corrected chi connectivity index (χ4v) is 5.52. The highest BCUT2D eigenvalue weighted by molar-refractivity contribution is 7.80. The van der Waals surface area contributed by atoms with Gasteiger partial charge in [0.2, 0.25) is 0 Å². The van der Waals surface area contributed by atoms with Gasteiger partial charge >= 0.3 is 0 Å². The SMILES string of the molecule is Cc1c(C2C(c3ccccn3)NC(=S)N2c2ccccc2F)c(C)n(-c2cccc(Cl)c2)c1C. The minimum absolute atomic E-state index is 0.250. The summed E-state index contributed by atoms with van der Waals surface area (Å²) in [7, 11) is 0. The molecule has 172 valence electrons. The molecular formula is C27H24ClFN4S. The molecule has 1 aliphatic heterocycles. The number of aromatic nitrogens is 2. The van der Waals surface area contributed by atoms with Crippen LogP contribution >= 0.6 is 23.8 Å². The molecule has 4 nitrogen and oxygen atoms in total. The van der Waals surface area contributed by atoms with Gasteiger partial charge in [0.1, 0.15) is 5.82 Å². The van der Waals surface area contributed by atoms with E-state index in [0.717, 1.165) is 33.9 Å².